The fraction of sp³-hybridized carbons (Fsp3) is 0.263. The molecule has 3 aromatic rings. The Morgan fingerprint density at radius 3 is 2.58 bits per heavy atom. The topological polar surface area (TPSA) is 92.9 Å². The molecule has 2 aromatic heterocycles. The second-order valence-corrected chi connectivity index (χ2v) is 6.61. The molecule has 4 rings (SSSR count). The number of carbonyl (C=O) groups is 1. The number of fused-ring (bicyclic) bond motifs is 1. The standard InChI is InChI=1S/C19H19N5O2/c1-10-7-11(2)21-19(20-10)24-18-17(12(3)23-24)15(9-16(26)22-18)13-5-4-6-14(25)8-13/h4-8,15,25H,9H2,1-3H3,(H,22,26)/t15-/m1/s1. The minimum atomic E-state index is -0.175. The first kappa shape index (κ1) is 16.3. The smallest absolute Gasteiger partial charge is 0.252 e. The average Bonchev–Trinajstić information content (AvgIpc) is 2.90. The Balaban J connectivity index is 1.90. The summed E-state index contributed by atoms with van der Waals surface area (Å²) < 4.78 is 1.59. The highest BCUT2D eigenvalue weighted by atomic mass is 16.3. The van der Waals surface area contributed by atoms with Gasteiger partial charge in [-0.3, -0.25) is 4.79 Å². The molecule has 0 radical (unpaired) electrons. The van der Waals surface area contributed by atoms with Crippen LogP contribution in [0.4, 0.5) is 5.82 Å². The van der Waals surface area contributed by atoms with E-state index in [0.29, 0.717) is 18.2 Å². The maximum Gasteiger partial charge on any atom is 0.252 e. The van der Waals surface area contributed by atoms with Crippen molar-refractivity contribution < 1.29 is 9.90 Å². The second-order valence-electron chi connectivity index (χ2n) is 6.61. The summed E-state index contributed by atoms with van der Waals surface area (Å²) in [6.07, 6.45) is 0.302. The first-order valence-corrected chi connectivity index (χ1v) is 8.43. The summed E-state index contributed by atoms with van der Waals surface area (Å²) in [6, 6.07) is 8.89. The molecule has 7 heteroatoms. The number of carbonyl (C=O) groups excluding carboxylic acids is 1. The monoisotopic (exact) mass is 349 g/mol. The normalized spacial score (nSPS) is 16.3. The Morgan fingerprint density at radius 2 is 1.88 bits per heavy atom. The van der Waals surface area contributed by atoms with Crippen LogP contribution in [0.1, 0.15) is 40.5 Å². The number of aromatic nitrogens is 4. The number of benzene rings is 1. The predicted octanol–water partition coefficient (Wildman–Crippen LogP) is 2.77. The van der Waals surface area contributed by atoms with Crippen molar-refractivity contribution in [3.63, 3.8) is 0 Å². The Kier molecular flexibility index (Phi) is 3.72. The predicted molar refractivity (Wildman–Crippen MR) is 96.6 cm³/mol. The number of anilines is 1. The average molecular weight is 349 g/mol. The van der Waals surface area contributed by atoms with Gasteiger partial charge in [0.2, 0.25) is 5.91 Å². The van der Waals surface area contributed by atoms with E-state index in [0.717, 1.165) is 28.2 Å². The van der Waals surface area contributed by atoms with Crippen molar-refractivity contribution in [2.75, 3.05) is 5.32 Å². The van der Waals surface area contributed by atoms with Gasteiger partial charge in [0.15, 0.2) is 0 Å². The van der Waals surface area contributed by atoms with E-state index in [-0.39, 0.29) is 17.6 Å². The van der Waals surface area contributed by atoms with Crippen LogP contribution in [0.2, 0.25) is 0 Å². The van der Waals surface area contributed by atoms with E-state index in [1.165, 1.54) is 0 Å². The molecule has 0 fully saturated rings. The molecule has 1 aliphatic heterocycles. The second kappa shape index (κ2) is 5.94. The number of nitrogens with zero attached hydrogens (tertiary/aromatic N) is 4. The van der Waals surface area contributed by atoms with E-state index in [9.17, 15) is 9.90 Å². The summed E-state index contributed by atoms with van der Waals surface area (Å²) in [6.45, 7) is 5.70. The summed E-state index contributed by atoms with van der Waals surface area (Å²) in [5, 5.41) is 17.3. The van der Waals surface area contributed by atoms with E-state index in [2.05, 4.69) is 20.4 Å². The van der Waals surface area contributed by atoms with Crippen molar-refractivity contribution in [3.05, 3.63) is 58.5 Å². The highest BCUT2D eigenvalue weighted by molar-refractivity contribution is 5.95. The molecule has 26 heavy (non-hydrogen) atoms. The zero-order valence-corrected chi connectivity index (χ0v) is 14.8. The van der Waals surface area contributed by atoms with Crippen molar-refractivity contribution in [3.8, 4) is 11.7 Å². The third-order valence-corrected chi connectivity index (χ3v) is 4.54. The lowest BCUT2D eigenvalue weighted by molar-refractivity contribution is -0.116. The zero-order valence-electron chi connectivity index (χ0n) is 14.8. The Labute approximate surface area is 150 Å². The summed E-state index contributed by atoms with van der Waals surface area (Å²) in [4.78, 5) is 21.3. The number of amides is 1. The van der Waals surface area contributed by atoms with Crippen molar-refractivity contribution in [2.24, 2.45) is 0 Å². The van der Waals surface area contributed by atoms with Crippen LogP contribution in [0.5, 0.6) is 5.75 Å². The molecule has 1 aromatic carbocycles. The molecule has 1 aliphatic rings. The highest BCUT2D eigenvalue weighted by Crippen LogP contribution is 2.40. The maximum atomic E-state index is 12.4. The van der Waals surface area contributed by atoms with Crippen molar-refractivity contribution in [1.82, 2.24) is 19.7 Å². The van der Waals surface area contributed by atoms with Gasteiger partial charge in [-0.05, 0) is 44.5 Å². The minimum Gasteiger partial charge on any atom is -0.508 e. The number of hydrogen-bond donors (Lipinski definition) is 2. The number of rotatable bonds is 2. The van der Waals surface area contributed by atoms with Crippen LogP contribution >= 0.6 is 0 Å². The van der Waals surface area contributed by atoms with Crippen LogP contribution in [-0.2, 0) is 4.79 Å². The highest BCUT2D eigenvalue weighted by Gasteiger charge is 2.33. The largest absolute Gasteiger partial charge is 0.508 e. The van der Waals surface area contributed by atoms with E-state index in [4.69, 9.17) is 0 Å². The third kappa shape index (κ3) is 2.71. The molecule has 2 N–H and O–H groups in total. The maximum absolute atomic E-state index is 12.4. The van der Waals surface area contributed by atoms with Crippen molar-refractivity contribution in [1.29, 1.82) is 0 Å². The lowest BCUT2D eigenvalue weighted by atomic mass is 9.86. The third-order valence-electron chi connectivity index (χ3n) is 4.54. The Morgan fingerprint density at radius 1 is 1.15 bits per heavy atom. The van der Waals surface area contributed by atoms with Crippen LogP contribution < -0.4 is 5.32 Å². The molecule has 0 bridgehead atoms. The van der Waals surface area contributed by atoms with Crippen LogP contribution in [0.3, 0.4) is 0 Å². The van der Waals surface area contributed by atoms with Gasteiger partial charge < -0.3 is 10.4 Å². The molecule has 0 spiro atoms. The quantitative estimate of drug-likeness (QED) is 0.742. The molecule has 3 heterocycles. The van der Waals surface area contributed by atoms with Crippen LogP contribution in [0, 0.1) is 20.8 Å². The van der Waals surface area contributed by atoms with E-state index in [1.807, 2.05) is 32.9 Å². The van der Waals surface area contributed by atoms with Gasteiger partial charge in [0, 0.05) is 29.3 Å². The van der Waals surface area contributed by atoms with Gasteiger partial charge in [0.1, 0.15) is 11.6 Å². The van der Waals surface area contributed by atoms with Gasteiger partial charge in [-0.2, -0.15) is 9.78 Å². The molecular formula is C19H19N5O2. The molecule has 0 unspecified atom stereocenters. The Hall–Kier alpha value is -3.22. The van der Waals surface area contributed by atoms with Crippen LogP contribution in [0.25, 0.3) is 5.95 Å². The summed E-state index contributed by atoms with van der Waals surface area (Å²) >= 11 is 0. The summed E-state index contributed by atoms with van der Waals surface area (Å²) in [7, 11) is 0. The van der Waals surface area contributed by atoms with Gasteiger partial charge in [-0.15, -0.1) is 0 Å². The molecule has 1 atom stereocenters. The van der Waals surface area contributed by atoms with E-state index >= 15 is 0 Å². The van der Waals surface area contributed by atoms with Gasteiger partial charge in [0.05, 0.1) is 5.69 Å². The van der Waals surface area contributed by atoms with Crippen LogP contribution in [-0.4, -0.2) is 30.8 Å². The zero-order chi connectivity index (χ0) is 18.4. The van der Waals surface area contributed by atoms with Crippen molar-refractivity contribution >= 4 is 11.7 Å². The number of phenolic OH excluding ortho intramolecular Hbond substituents is 1. The number of aromatic hydroxyl groups is 1. The lowest BCUT2D eigenvalue weighted by Gasteiger charge is -2.24. The van der Waals surface area contributed by atoms with Crippen LogP contribution in [0.15, 0.2) is 30.3 Å². The molecule has 0 saturated carbocycles. The number of phenols is 1. The first-order valence-electron chi connectivity index (χ1n) is 8.43. The molecule has 7 nitrogen and oxygen atoms in total. The number of aryl methyl sites for hydroxylation is 3. The molecular weight excluding hydrogens is 330 g/mol. The first-order chi connectivity index (χ1) is 12.4. The summed E-state index contributed by atoms with van der Waals surface area (Å²) in [5.41, 5.74) is 4.28. The van der Waals surface area contributed by atoms with Gasteiger partial charge in [0.25, 0.3) is 5.95 Å². The fourth-order valence-electron chi connectivity index (χ4n) is 3.52. The molecule has 0 aliphatic carbocycles. The number of hydrogen-bond acceptors (Lipinski definition) is 5. The number of nitrogens with one attached hydrogen (secondary N) is 1. The van der Waals surface area contributed by atoms with Gasteiger partial charge in [-0.1, -0.05) is 12.1 Å². The molecule has 1 amide bonds. The SMILES string of the molecule is Cc1cc(C)nc(-n2nc(C)c3c2NC(=O)C[C@@H]3c2cccc(O)c2)n1. The lowest BCUT2D eigenvalue weighted by Crippen LogP contribution is -2.25. The fourth-order valence-corrected chi connectivity index (χ4v) is 3.52. The molecule has 0 saturated heterocycles. The van der Waals surface area contributed by atoms with Gasteiger partial charge >= 0.3 is 0 Å². The summed E-state index contributed by atoms with van der Waals surface area (Å²) in [5.74, 6) is 0.931. The van der Waals surface area contributed by atoms with E-state index < -0.39 is 0 Å². The Bertz CT molecular complexity index is 1000. The minimum absolute atomic E-state index is 0.101. The van der Waals surface area contributed by atoms with Crippen molar-refractivity contribution in [2.45, 2.75) is 33.1 Å². The molecule has 132 valence electrons. The van der Waals surface area contributed by atoms with Gasteiger partial charge in [-0.25, -0.2) is 9.97 Å². The van der Waals surface area contributed by atoms with E-state index in [1.54, 1.807) is 22.9 Å².